The third-order valence-corrected chi connectivity index (χ3v) is 3.14. The van der Waals surface area contributed by atoms with Crippen molar-refractivity contribution in [3.63, 3.8) is 0 Å². The monoisotopic (exact) mass is 287 g/mol. The Balaban J connectivity index is 2.09. The highest BCUT2D eigenvalue weighted by Crippen LogP contribution is 2.16. The number of nitrogens with one attached hydrogen (secondary N) is 1. The number of anilines is 1. The Morgan fingerprint density at radius 1 is 1.33 bits per heavy atom. The van der Waals surface area contributed by atoms with Crippen LogP contribution >= 0.6 is 0 Å². The van der Waals surface area contributed by atoms with Gasteiger partial charge in [-0.1, -0.05) is 13.8 Å². The summed E-state index contributed by atoms with van der Waals surface area (Å²) in [6, 6.07) is 8.92. The van der Waals surface area contributed by atoms with E-state index in [0.717, 1.165) is 17.9 Å². The maximum Gasteiger partial charge on any atom is 0.256 e. The van der Waals surface area contributed by atoms with Crippen molar-refractivity contribution in [3.8, 4) is 5.75 Å². The van der Waals surface area contributed by atoms with Gasteiger partial charge in [0.1, 0.15) is 11.6 Å². The molecule has 1 N–H and O–H groups in total. The number of aryl methyl sites for hydroxylation is 1. The third kappa shape index (κ3) is 3.84. The summed E-state index contributed by atoms with van der Waals surface area (Å²) in [5.74, 6) is 1.81. The number of nitrogens with zero attached hydrogens (tertiary/aromatic N) is 2. The molecule has 0 saturated carbocycles. The first-order chi connectivity index (χ1) is 9.99. The summed E-state index contributed by atoms with van der Waals surface area (Å²) in [6.45, 7) is 4.29. The average Bonchev–Trinajstić information content (AvgIpc) is 2.78. The van der Waals surface area contributed by atoms with Gasteiger partial charge in [-0.25, -0.2) is 0 Å². The maximum absolute atomic E-state index is 12.2. The quantitative estimate of drug-likeness (QED) is 0.920. The van der Waals surface area contributed by atoms with Gasteiger partial charge in [-0.3, -0.25) is 9.48 Å². The van der Waals surface area contributed by atoms with Crippen LogP contribution in [0.2, 0.25) is 0 Å². The molecule has 0 unspecified atom stereocenters. The number of hydrogen-bond donors (Lipinski definition) is 1. The van der Waals surface area contributed by atoms with Crippen LogP contribution in [-0.2, 0) is 13.5 Å². The molecular formula is C16H21N3O2. The van der Waals surface area contributed by atoms with Crippen LogP contribution in [-0.4, -0.2) is 22.8 Å². The number of amides is 1. The molecule has 1 heterocycles. The molecule has 0 aliphatic carbocycles. The second kappa shape index (κ2) is 6.43. The zero-order chi connectivity index (χ0) is 15.4. The molecule has 21 heavy (non-hydrogen) atoms. The highest BCUT2D eigenvalue weighted by atomic mass is 16.5. The minimum atomic E-state index is -0.156. The summed E-state index contributed by atoms with van der Waals surface area (Å²) >= 11 is 0. The van der Waals surface area contributed by atoms with Crippen molar-refractivity contribution in [2.45, 2.75) is 20.3 Å². The molecule has 0 atom stereocenters. The number of aromatic nitrogens is 2. The standard InChI is InChI=1S/C16H21N3O2/c1-11(2)9-13-10-15(19(3)18-13)17-16(20)12-5-7-14(21-4)8-6-12/h5-8,10-11H,9H2,1-4H3,(H,17,20). The highest BCUT2D eigenvalue weighted by molar-refractivity contribution is 6.03. The van der Waals surface area contributed by atoms with Crippen molar-refractivity contribution in [3.05, 3.63) is 41.6 Å². The highest BCUT2D eigenvalue weighted by Gasteiger charge is 2.11. The Labute approximate surface area is 124 Å². The van der Waals surface area contributed by atoms with Crippen LogP contribution in [0.1, 0.15) is 29.9 Å². The molecule has 0 saturated heterocycles. The molecule has 0 bridgehead atoms. The summed E-state index contributed by atoms with van der Waals surface area (Å²) in [4.78, 5) is 12.2. The molecule has 112 valence electrons. The van der Waals surface area contributed by atoms with Gasteiger partial charge in [0.05, 0.1) is 12.8 Å². The zero-order valence-corrected chi connectivity index (χ0v) is 12.9. The Kier molecular flexibility index (Phi) is 4.62. The average molecular weight is 287 g/mol. The van der Waals surface area contributed by atoms with E-state index in [1.54, 1.807) is 36.1 Å². The molecule has 0 aliphatic heterocycles. The number of carbonyl (C=O) groups is 1. The number of ether oxygens (including phenoxy) is 1. The van der Waals surface area contributed by atoms with Gasteiger partial charge in [0.15, 0.2) is 0 Å². The van der Waals surface area contributed by atoms with Gasteiger partial charge in [-0.2, -0.15) is 5.10 Å². The Morgan fingerprint density at radius 2 is 2.00 bits per heavy atom. The van der Waals surface area contributed by atoms with E-state index in [2.05, 4.69) is 24.3 Å². The van der Waals surface area contributed by atoms with E-state index >= 15 is 0 Å². The van der Waals surface area contributed by atoms with E-state index in [1.165, 1.54) is 0 Å². The van der Waals surface area contributed by atoms with Gasteiger partial charge >= 0.3 is 0 Å². The number of carbonyl (C=O) groups excluding carboxylic acids is 1. The lowest BCUT2D eigenvalue weighted by Crippen LogP contribution is -2.14. The van der Waals surface area contributed by atoms with Gasteiger partial charge in [0.2, 0.25) is 0 Å². The van der Waals surface area contributed by atoms with Gasteiger partial charge < -0.3 is 10.1 Å². The summed E-state index contributed by atoms with van der Waals surface area (Å²) < 4.78 is 6.77. The molecule has 1 aromatic carbocycles. The first-order valence-electron chi connectivity index (χ1n) is 6.98. The molecular weight excluding hydrogens is 266 g/mol. The van der Waals surface area contributed by atoms with Gasteiger partial charge in [0, 0.05) is 18.7 Å². The fraction of sp³-hybridized carbons (Fsp3) is 0.375. The first-order valence-corrected chi connectivity index (χ1v) is 6.98. The van der Waals surface area contributed by atoms with Crippen molar-refractivity contribution in [2.24, 2.45) is 13.0 Å². The van der Waals surface area contributed by atoms with Crippen LogP contribution < -0.4 is 10.1 Å². The molecule has 5 heteroatoms. The Hall–Kier alpha value is -2.30. The van der Waals surface area contributed by atoms with Gasteiger partial charge in [0.25, 0.3) is 5.91 Å². The topological polar surface area (TPSA) is 56.1 Å². The van der Waals surface area contributed by atoms with Crippen LogP contribution in [0, 0.1) is 5.92 Å². The zero-order valence-electron chi connectivity index (χ0n) is 12.9. The lowest BCUT2D eigenvalue weighted by atomic mass is 10.1. The molecule has 0 aliphatic rings. The minimum absolute atomic E-state index is 0.156. The van der Waals surface area contributed by atoms with Gasteiger partial charge in [-0.05, 0) is 36.6 Å². The molecule has 0 spiro atoms. The van der Waals surface area contributed by atoms with E-state index in [-0.39, 0.29) is 5.91 Å². The van der Waals surface area contributed by atoms with E-state index in [0.29, 0.717) is 17.3 Å². The van der Waals surface area contributed by atoms with Crippen molar-refractivity contribution in [1.29, 1.82) is 0 Å². The normalized spacial score (nSPS) is 10.7. The molecule has 2 rings (SSSR count). The maximum atomic E-state index is 12.2. The van der Waals surface area contributed by atoms with Gasteiger partial charge in [-0.15, -0.1) is 0 Å². The number of benzene rings is 1. The molecule has 5 nitrogen and oxygen atoms in total. The van der Waals surface area contributed by atoms with E-state index in [1.807, 2.05) is 13.1 Å². The summed E-state index contributed by atoms with van der Waals surface area (Å²) in [5.41, 5.74) is 1.57. The summed E-state index contributed by atoms with van der Waals surface area (Å²) in [5, 5.41) is 7.29. The van der Waals surface area contributed by atoms with Crippen LogP contribution in [0.3, 0.4) is 0 Å². The van der Waals surface area contributed by atoms with Crippen molar-refractivity contribution in [1.82, 2.24) is 9.78 Å². The number of methoxy groups -OCH3 is 1. The number of rotatable bonds is 5. The summed E-state index contributed by atoms with van der Waals surface area (Å²) in [7, 11) is 3.43. The fourth-order valence-corrected chi connectivity index (χ4v) is 2.09. The van der Waals surface area contributed by atoms with Crippen LogP contribution in [0.15, 0.2) is 30.3 Å². The second-order valence-electron chi connectivity index (χ2n) is 5.43. The van der Waals surface area contributed by atoms with E-state index in [9.17, 15) is 4.79 Å². The largest absolute Gasteiger partial charge is 0.497 e. The van der Waals surface area contributed by atoms with Crippen molar-refractivity contribution >= 4 is 11.7 Å². The third-order valence-electron chi connectivity index (χ3n) is 3.14. The predicted octanol–water partition coefficient (Wildman–Crippen LogP) is 2.88. The minimum Gasteiger partial charge on any atom is -0.497 e. The first kappa shape index (κ1) is 15.1. The number of hydrogen-bond acceptors (Lipinski definition) is 3. The Morgan fingerprint density at radius 3 is 2.57 bits per heavy atom. The second-order valence-corrected chi connectivity index (χ2v) is 5.43. The van der Waals surface area contributed by atoms with E-state index in [4.69, 9.17) is 4.74 Å². The molecule has 0 fully saturated rings. The van der Waals surface area contributed by atoms with Crippen LogP contribution in [0.5, 0.6) is 5.75 Å². The van der Waals surface area contributed by atoms with Crippen molar-refractivity contribution in [2.75, 3.05) is 12.4 Å². The predicted molar refractivity (Wildman–Crippen MR) is 82.7 cm³/mol. The Bertz CT molecular complexity index is 615. The lowest BCUT2D eigenvalue weighted by molar-refractivity contribution is 0.102. The summed E-state index contributed by atoms with van der Waals surface area (Å²) in [6.07, 6.45) is 0.895. The van der Waals surface area contributed by atoms with Crippen molar-refractivity contribution < 1.29 is 9.53 Å². The van der Waals surface area contributed by atoms with Crippen LogP contribution in [0.4, 0.5) is 5.82 Å². The smallest absolute Gasteiger partial charge is 0.256 e. The fourth-order valence-electron chi connectivity index (χ4n) is 2.09. The molecule has 1 aromatic heterocycles. The SMILES string of the molecule is COc1ccc(C(=O)Nc2cc(CC(C)C)nn2C)cc1. The molecule has 2 aromatic rings. The molecule has 0 radical (unpaired) electrons. The van der Waals surface area contributed by atoms with Crippen LogP contribution in [0.25, 0.3) is 0 Å². The lowest BCUT2D eigenvalue weighted by Gasteiger charge is -2.05. The van der Waals surface area contributed by atoms with E-state index < -0.39 is 0 Å². The molecule has 1 amide bonds.